The predicted molar refractivity (Wildman–Crippen MR) is 127 cm³/mol. The number of rotatable bonds is 6. The first kappa shape index (κ1) is 23.7. The summed E-state index contributed by atoms with van der Waals surface area (Å²) in [5, 5.41) is 15.9. The second kappa shape index (κ2) is 11.6. The first-order valence-corrected chi connectivity index (χ1v) is 11.5. The van der Waals surface area contributed by atoms with Crippen molar-refractivity contribution in [2.24, 2.45) is 5.92 Å². The Labute approximate surface area is 191 Å². The topological polar surface area (TPSA) is 94.0 Å². The fourth-order valence-corrected chi connectivity index (χ4v) is 4.72. The normalized spacial score (nSPS) is 14.5. The molecule has 2 aromatic carbocycles. The number of thiazole rings is 1. The number of aromatic nitrogens is 1. The first-order valence-electron chi connectivity index (χ1n) is 10.7. The Balaban J connectivity index is 0.000000427. The number of benzene rings is 2. The molecule has 1 aliphatic heterocycles. The van der Waals surface area contributed by atoms with Crippen LogP contribution in [-0.2, 0) is 16.0 Å². The molecule has 2 N–H and O–H groups in total. The zero-order chi connectivity index (χ0) is 22.9. The highest BCUT2D eigenvalue weighted by atomic mass is 32.1. The maximum atomic E-state index is 9.10. The average Bonchev–Trinajstić information content (AvgIpc) is 3.24. The van der Waals surface area contributed by atoms with Crippen LogP contribution in [0.2, 0.25) is 0 Å². The second-order valence-corrected chi connectivity index (χ2v) is 8.98. The number of aliphatic carboxylic acids is 2. The molecule has 0 radical (unpaired) electrons. The average molecular weight is 456 g/mol. The van der Waals surface area contributed by atoms with Gasteiger partial charge in [0.05, 0.1) is 10.2 Å². The van der Waals surface area contributed by atoms with E-state index in [1.54, 1.807) is 11.3 Å². The monoisotopic (exact) mass is 455 g/mol. The molecule has 3 aromatic rings. The molecule has 4 rings (SSSR count). The van der Waals surface area contributed by atoms with Gasteiger partial charge in [0.1, 0.15) is 0 Å². The molecule has 0 aliphatic carbocycles. The van der Waals surface area contributed by atoms with Crippen LogP contribution in [0.4, 0.5) is 5.13 Å². The van der Waals surface area contributed by atoms with E-state index >= 15 is 0 Å². The quantitative estimate of drug-likeness (QED) is 0.545. The van der Waals surface area contributed by atoms with Crippen LogP contribution < -0.4 is 4.90 Å². The summed E-state index contributed by atoms with van der Waals surface area (Å²) in [4.78, 5) is 27.9. The number of para-hydroxylation sites is 1. The van der Waals surface area contributed by atoms with E-state index in [1.807, 2.05) is 0 Å². The number of anilines is 1. The van der Waals surface area contributed by atoms with Crippen molar-refractivity contribution in [1.82, 2.24) is 9.88 Å². The minimum Gasteiger partial charge on any atom is -0.473 e. The summed E-state index contributed by atoms with van der Waals surface area (Å²) >= 11 is 1.79. The maximum Gasteiger partial charge on any atom is 0.414 e. The Kier molecular flexibility index (Phi) is 8.58. The fourth-order valence-electron chi connectivity index (χ4n) is 3.77. The van der Waals surface area contributed by atoms with Gasteiger partial charge in [-0.15, -0.1) is 0 Å². The molecule has 7 nitrogen and oxygen atoms in total. The summed E-state index contributed by atoms with van der Waals surface area (Å²) in [6.07, 6.45) is 3.87. The third-order valence-electron chi connectivity index (χ3n) is 5.62. The highest BCUT2D eigenvalue weighted by molar-refractivity contribution is 7.22. The second-order valence-electron chi connectivity index (χ2n) is 7.97. The Morgan fingerprint density at radius 3 is 2.28 bits per heavy atom. The fraction of sp³-hybridized carbons (Fsp3) is 0.375. The van der Waals surface area contributed by atoms with Crippen LogP contribution in [0.25, 0.3) is 10.2 Å². The molecule has 0 saturated carbocycles. The molecule has 8 heteroatoms. The maximum absolute atomic E-state index is 9.10. The molecule has 32 heavy (non-hydrogen) atoms. The van der Waals surface area contributed by atoms with Gasteiger partial charge in [-0.2, -0.15) is 0 Å². The SMILES string of the molecule is CN(CCN1CCC(Cc2ccccc2)CC1)c1nc2ccccc2s1.O=C(O)C(=O)O. The minimum absolute atomic E-state index is 0.843. The molecule has 0 bridgehead atoms. The number of carbonyl (C=O) groups is 2. The molecule has 0 amide bonds. The zero-order valence-electron chi connectivity index (χ0n) is 18.2. The summed E-state index contributed by atoms with van der Waals surface area (Å²) in [5.41, 5.74) is 2.60. The van der Waals surface area contributed by atoms with Crippen molar-refractivity contribution in [2.45, 2.75) is 19.3 Å². The molecular formula is C24H29N3O4S. The molecule has 1 aliphatic rings. The lowest BCUT2D eigenvalue weighted by Crippen LogP contribution is -2.39. The van der Waals surface area contributed by atoms with E-state index in [2.05, 4.69) is 71.4 Å². The Morgan fingerprint density at radius 2 is 1.66 bits per heavy atom. The van der Waals surface area contributed by atoms with Gasteiger partial charge < -0.3 is 20.0 Å². The third kappa shape index (κ3) is 7.03. The summed E-state index contributed by atoms with van der Waals surface area (Å²) in [5.74, 6) is -2.80. The van der Waals surface area contributed by atoms with Gasteiger partial charge in [-0.05, 0) is 56.0 Å². The molecule has 1 aromatic heterocycles. The van der Waals surface area contributed by atoms with Crippen LogP contribution in [0.15, 0.2) is 54.6 Å². The highest BCUT2D eigenvalue weighted by Gasteiger charge is 2.20. The molecule has 0 unspecified atom stereocenters. The van der Waals surface area contributed by atoms with Gasteiger partial charge in [-0.3, -0.25) is 0 Å². The van der Waals surface area contributed by atoms with Crippen molar-refractivity contribution in [2.75, 3.05) is 38.1 Å². The lowest BCUT2D eigenvalue weighted by atomic mass is 9.90. The number of likely N-dealkylation sites (tertiary alicyclic amines) is 1. The number of hydrogen-bond acceptors (Lipinski definition) is 6. The predicted octanol–water partition coefficient (Wildman–Crippen LogP) is 3.84. The van der Waals surface area contributed by atoms with Crippen molar-refractivity contribution in [3.05, 3.63) is 60.2 Å². The van der Waals surface area contributed by atoms with Gasteiger partial charge >= 0.3 is 11.9 Å². The van der Waals surface area contributed by atoms with E-state index < -0.39 is 11.9 Å². The van der Waals surface area contributed by atoms with Gasteiger partial charge in [0.25, 0.3) is 0 Å². The number of hydrogen-bond donors (Lipinski definition) is 2. The standard InChI is InChI=1S/C22H27N3S.C2H2O4/c1-24(22-23-20-9-5-6-10-21(20)26-22)15-16-25-13-11-19(12-14-25)17-18-7-3-2-4-8-18;3-1(4)2(5)6/h2-10,19H,11-17H2,1H3;(H,3,4)(H,5,6). The van der Waals surface area contributed by atoms with Crippen LogP contribution in [-0.4, -0.2) is 65.3 Å². The number of nitrogens with zero attached hydrogens (tertiary/aromatic N) is 3. The summed E-state index contributed by atoms with van der Waals surface area (Å²) in [6, 6.07) is 19.3. The van der Waals surface area contributed by atoms with Gasteiger partial charge in [-0.25, -0.2) is 14.6 Å². The van der Waals surface area contributed by atoms with Crippen molar-refractivity contribution in [3.63, 3.8) is 0 Å². The number of piperidine rings is 1. The van der Waals surface area contributed by atoms with Crippen molar-refractivity contribution in [3.8, 4) is 0 Å². The molecular weight excluding hydrogens is 426 g/mol. The largest absolute Gasteiger partial charge is 0.473 e. The summed E-state index contributed by atoms with van der Waals surface area (Å²) in [6.45, 7) is 4.63. The molecule has 0 spiro atoms. The van der Waals surface area contributed by atoms with Crippen molar-refractivity contribution >= 4 is 38.6 Å². The number of carboxylic acids is 2. The lowest BCUT2D eigenvalue weighted by Gasteiger charge is -2.33. The van der Waals surface area contributed by atoms with E-state index in [4.69, 9.17) is 24.8 Å². The Bertz CT molecular complexity index is 971. The number of carboxylic acid groups (broad SMARTS) is 2. The van der Waals surface area contributed by atoms with E-state index in [1.165, 1.54) is 42.6 Å². The molecule has 0 atom stereocenters. The third-order valence-corrected chi connectivity index (χ3v) is 6.77. The molecule has 2 heterocycles. The van der Waals surface area contributed by atoms with Gasteiger partial charge in [0, 0.05) is 20.1 Å². The van der Waals surface area contributed by atoms with E-state index in [-0.39, 0.29) is 0 Å². The van der Waals surface area contributed by atoms with E-state index in [0.717, 1.165) is 29.7 Å². The Hall–Kier alpha value is -2.97. The van der Waals surface area contributed by atoms with Gasteiger partial charge in [0.2, 0.25) is 0 Å². The first-order chi connectivity index (χ1) is 15.4. The summed E-state index contributed by atoms with van der Waals surface area (Å²) in [7, 11) is 2.17. The van der Waals surface area contributed by atoms with Crippen LogP contribution in [0.5, 0.6) is 0 Å². The van der Waals surface area contributed by atoms with Crippen LogP contribution >= 0.6 is 11.3 Å². The number of fused-ring (bicyclic) bond motifs is 1. The van der Waals surface area contributed by atoms with Gasteiger partial charge in [0.15, 0.2) is 5.13 Å². The minimum atomic E-state index is -1.82. The van der Waals surface area contributed by atoms with E-state index in [9.17, 15) is 0 Å². The molecule has 1 fully saturated rings. The van der Waals surface area contributed by atoms with Crippen molar-refractivity contribution in [1.29, 1.82) is 0 Å². The lowest BCUT2D eigenvalue weighted by molar-refractivity contribution is -0.159. The van der Waals surface area contributed by atoms with Crippen LogP contribution in [0, 0.1) is 5.92 Å². The number of likely N-dealkylation sites (N-methyl/N-ethyl adjacent to an activating group) is 1. The molecule has 1 saturated heterocycles. The summed E-state index contributed by atoms with van der Waals surface area (Å²) < 4.78 is 1.27. The molecule has 170 valence electrons. The van der Waals surface area contributed by atoms with Gasteiger partial charge in [-0.1, -0.05) is 53.8 Å². The van der Waals surface area contributed by atoms with Crippen LogP contribution in [0.1, 0.15) is 18.4 Å². The Morgan fingerprint density at radius 1 is 1.03 bits per heavy atom. The van der Waals surface area contributed by atoms with Crippen molar-refractivity contribution < 1.29 is 19.8 Å². The smallest absolute Gasteiger partial charge is 0.414 e. The van der Waals surface area contributed by atoms with E-state index in [0.29, 0.717) is 0 Å². The highest BCUT2D eigenvalue weighted by Crippen LogP contribution is 2.28. The zero-order valence-corrected chi connectivity index (χ0v) is 19.0. The van der Waals surface area contributed by atoms with Crippen LogP contribution in [0.3, 0.4) is 0 Å².